The third-order valence-electron chi connectivity index (χ3n) is 5.45. The predicted octanol–water partition coefficient (Wildman–Crippen LogP) is 5.25. The van der Waals surface area contributed by atoms with Crippen LogP contribution in [0.25, 0.3) is 6.08 Å². The minimum atomic E-state index is -0.220. The first kappa shape index (κ1) is 19.6. The molecule has 1 heterocycles. The summed E-state index contributed by atoms with van der Waals surface area (Å²) < 4.78 is 0. The molecular weight excluding hydrogens is 370 g/mol. The van der Waals surface area contributed by atoms with Gasteiger partial charge in [-0.3, -0.25) is 4.79 Å². The van der Waals surface area contributed by atoms with E-state index in [0.29, 0.717) is 5.56 Å². The van der Waals surface area contributed by atoms with Crippen LogP contribution in [0.4, 0.5) is 5.69 Å². The molecule has 3 aromatic carbocycles. The van der Waals surface area contributed by atoms with E-state index in [4.69, 9.17) is 0 Å². The van der Waals surface area contributed by atoms with Gasteiger partial charge in [0.05, 0.1) is 0 Å². The molecule has 4 rings (SSSR count). The third kappa shape index (κ3) is 4.49. The minimum absolute atomic E-state index is 0.220. The smallest absolute Gasteiger partial charge is 0.271 e. The number of benzene rings is 3. The number of nitrogens with zero attached hydrogens (tertiary/aromatic N) is 2. The van der Waals surface area contributed by atoms with Crippen LogP contribution in [0.1, 0.15) is 38.2 Å². The molecule has 0 radical (unpaired) electrons. The Bertz CT molecular complexity index is 1070. The van der Waals surface area contributed by atoms with E-state index in [9.17, 15) is 4.79 Å². The number of allylic oxidation sites excluding steroid dienone is 1. The minimum Gasteiger partial charge on any atom is -0.363 e. The van der Waals surface area contributed by atoms with Crippen molar-refractivity contribution in [1.82, 2.24) is 5.43 Å². The lowest BCUT2D eigenvalue weighted by molar-refractivity contribution is 0.0955. The Labute approximate surface area is 177 Å². The fourth-order valence-electron chi connectivity index (χ4n) is 3.63. The zero-order valence-corrected chi connectivity index (χ0v) is 17.3. The van der Waals surface area contributed by atoms with Gasteiger partial charge < -0.3 is 4.90 Å². The molecule has 0 spiro atoms. The van der Waals surface area contributed by atoms with Gasteiger partial charge in [-0.05, 0) is 72.0 Å². The standard InChI is InChI=1S/C26H25N3O/c1-19-15-23-17-29(18-24(23)16-20(19)2)25-12-10-22(11-13-25)26(30)28-27-14-6-9-21-7-4-3-5-8-21/h3-16H,17-18H2,1-2H3,(H,28,30)/b9-6+,27-14-. The third-order valence-corrected chi connectivity index (χ3v) is 5.45. The molecule has 1 N–H and O–H groups in total. The summed E-state index contributed by atoms with van der Waals surface area (Å²) in [6, 6.07) is 22.2. The van der Waals surface area contributed by atoms with Crippen molar-refractivity contribution in [3.8, 4) is 0 Å². The van der Waals surface area contributed by atoms with Crippen molar-refractivity contribution >= 4 is 23.9 Å². The van der Waals surface area contributed by atoms with Crippen LogP contribution < -0.4 is 10.3 Å². The molecule has 0 aromatic heterocycles. The van der Waals surface area contributed by atoms with Crippen LogP contribution in [0.5, 0.6) is 0 Å². The number of aryl methyl sites for hydroxylation is 2. The Balaban J connectivity index is 1.34. The average molecular weight is 396 g/mol. The molecule has 0 unspecified atom stereocenters. The fraction of sp³-hybridized carbons (Fsp3) is 0.154. The van der Waals surface area contributed by atoms with Crippen LogP contribution in [0.15, 0.2) is 77.9 Å². The van der Waals surface area contributed by atoms with Crippen molar-refractivity contribution in [2.75, 3.05) is 4.90 Å². The average Bonchev–Trinajstić information content (AvgIpc) is 3.17. The summed E-state index contributed by atoms with van der Waals surface area (Å²) in [5.41, 5.74) is 10.8. The summed E-state index contributed by atoms with van der Waals surface area (Å²) in [4.78, 5) is 14.6. The molecule has 0 atom stereocenters. The molecule has 0 saturated carbocycles. The van der Waals surface area contributed by atoms with E-state index in [2.05, 4.69) is 41.4 Å². The number of hydrazone groups is 1. The Morgan fingerprint density at radius 1 is 0.933 bits per heavy atom. The van der Waals surface area contributed by atoms with E-state index in [0.717, 1.165) is 24.3 Å². The maximum absolute atomic E-state index is 12.3. The number of fused-ring (bicyclic) bond motifs is 1. The van der Waals surface area contributed by atoms with E-state index in [-0.39, 0.29) is 5.91 Å². The first-order valence-electron chi connectivity index (χ1n) is 10.1. The highest BCUT2D eigenvalue weighted by atomic mass is 16.2. The summed E-state index contributed by atoms with van der Waals surface area (Å²) in [6.45, 7) is 6.12. The monoisotopic (exact) mass is 395 g/mol. The summed E-state index contributed by atoms with van der Waals surface area (Å²) in [7, 11) is 0. The Morgan fingerprint density at radius 2 is 1.57 bits per heavy atom. The van der Waals surface area contributed by atoms with Gasteiger partial charge in [0.1, 0.15) is 0 Å². The maximum atomic E-state index is 12.3. The quantitative estimate of drug-likeness (QED) is 0.473. The Kier molecular flexibility index (Phi) is 5.75. The molecule has 0 aliphatic carbocycles. The molecule has 3 aromatic rings. The zero-order chi connectivity index (χ0) is 20.9. The van der Waals surface area contributed by atoms with Crippen LogP contribution >= 0.6 is 0 Å². The highest BCUT2D eigenvalue weighted by Gasteiger charge is 2.20. The number of carbonyl (C=O) groups is 1. The Hall–Kier alpha value is -3.66. The van der Waals surface area contributed by atoms with E-state index < -0.39 is 0 Å². The normalized spacial score (nSPS) is 13.2. The van der Waals surface area contributed by atoms with Crippen LogP contribution in [0.2, 0.25) is 0 Å². The predicted molar refractivity (Wildman–Crippen MR) is 124 cm³/mol. The summed E-state index contributed by atoms with van der Waals surface area (Å²) >= 11 is 0. The van der Waals surface area contributed by atoms with Crippen molar-refractivity contribution in [2.45, 2.75) is 26.9 Å². The second-order valence-electron chi connectivity index (χ2n) is 7.60. The molecule has 1 aliphatic rings. The lowest BCUT2D eigenvalue weighted by Crippen LogP contribution is -2.18. The van der Waals surface area contributed by atoms with E-state index in [1.807, 2.05) is 60.7 Å². The highest BCUT2D eigenvalue weighted by Crippen LogP contribution is 2.30. The lowest BCUT2D eigenvalue weighted by atomic mass is 10.0. The van der Waals surface area contributed by atoms with Gasteiger partial charge in [0.25, 0.3) is 5.91 Å². The molecule has 1 amide bonds. The second kappa shape index (κ2) is 8.78. The van der Waals surface area contributed by atoms with Gasteiger partial charge in [0.2, 0.25) is 0 Å². The van der Waals surface area contributed by atoms with E-state index in [1.165, 1.54) is 22.3 Å². The molecule has 1 aliphatic heterocycles. The van der Waals surface area contributed by atoms with Gasteiger partial charge in [-0.1, -0.05) is 48.5 Å². The summed E-state index contributed by atoms with van der Waals surface area (Å²) in [6.07, 6.45) is 5.30. The molecule has 4 nitrogen and oxygen atoms in total. The molecule has 0 bridgehead atoms. The van der Waals surface area contributed by atoms with Gasteiger partial charge in [0.15, 0.2) is 0 Å². The van der Waals surface area contributed by atoms with Crippen LogP contribution in [0.3, 0.4) is 0 Å². The van der Waals surface area contributed by atoms with Crippen LogP contribution in [0, 0.1) is 13.8 Å². The van der Waals surface area contributed by atoms with E-state index in [1.54, 1.807) is 12.3 Å². The highest BCUT2D eigenvalue weighted by molar-refractivity contribution is 5.95. The molecule has 0 saturated heterocycles. The number of rotatable bonds is 5. The number of amides is 1. The molecule has 4 heteroatoms. The first-order valence-corrected chi connectivity index (χ1v) is 10.1. The SMILES string of the molecule is Cc1cc2c(cc1C)CN(c1ccc(C(=O)N/N=C\C=C\c3ccccc3)cc1)C2. The lowest BCUT2D eigenvalue weighted by Gasteiger charge is -2.17. The van der Waals surface area contributed by atoms with Gasteiger partial charge in [-0.15, -0.1) is 0 Å². The van der Waals surface area contributed by atoms with Crippen molar-refractivity contribution in [3.63, 3.8) is 0 Å². The van der Waals surface area contributed by atoms with Crippen LogP contribution in [-0.4, -0.2) is 12.1 Å². The van der Waals surface area contributed by atoms with Crippen molar-refractivity contribution in [3.05, 3.63) is 106 Å². The van der Waals surface area contributed by atoms with Gasteiger partial charge in [-0.25, -0.2) is 5.43 Å². The largest absolute Gasteiger partial charge is 0.363 e. The maximum Gasteiger partial charge on any atom is 0.271 e. The first-order chi connectivity index (χ1) is 14.6. The van der Waals surface area contributed by atoms with Gasteiger partial charge in [-0.2, -0.15) is 5.10 Å². The number of hydrogen-bond donors (Lipinski definition) is 1. The number of anilines is 1. The van der Waals surface area contributed by atoms with Crippen molar-refractivity contribution in [1.29, 1.82) is 0 Å². The zero-order valence-electron chi connectivity index (χ0n) is 17.3. The Morgan fingerprint density at radius 3 is 2.20 bits per heavy atom. The fourth-order valence-corrected chi connectivity index (χ4v) is 3.63. The molecular formula is C26H25N3O. The topological polar surface area (TPSA) is 44.7 Å². The molecule has 0 fully saturated rings. The van der Waals surface area contributed by atoms with Gasteiger partial charge in [0, 0.05) is 30.6 Å². The summed E-state index contributed by atoms with van der Waals surface area (Å²) in [5, 5.41) is 3.98. The number of carbonyl (C=O) groups excluding carboxylic acids is 1. The number of nitrogens with one attached hydrogen (secondary N) is 1. The van der Waals surface area contributed by atoms with E-state index >= 15 is 0 Å². The molecule has 30 heavy (non-hydrogen) atoms. The molecule has 150 valence electrons. The van der Waals surface area contributed by atoms with Crippen LogP contribution in [-0.2, 0) is 13.1 Å². The van der Waals surface area contributed by atoms with Crippen molar-refractivity contribution in [2.24, 2.45) is 5.10 Å². The van der Waals surface area contributed by atoms with Crippen molar-refractivity contribution < 1.29 is 4.79 Å². The number of hydrogen-bond acceptors (Lipinski definition) is 3. The summed E-state index contributed by atoms with van der Waals surface area (Å²) in [5.74, 6) is -0.220. The second-order valence-corrected chi connectivity index (χ2v) is 7.60. The van der Waals surface area contributed by atoms with Gasteiger partial charge >= 0.3 is 0 Å².